The molecule has 6 aromatic carbocycles. The number of aliphatic hydroxyl groups is 1. The van der Waals surface area contributed by atoms with Crippen molar-refractivity contribution in [2.75, 3.05) is 94.3 Å². The van der Waals surface area contributed by atoms with Crippen molar-refractivity contribution in [3.8, 4) is 23.0 Å². The first-order chi connectivity index (χ1) is 51.2. The van der Waals surface area contributed by atoms with E-state index in [1.165, 1.54) is 27.7 Å². The molecule has 6 aromatic rings. The van der Waals surface area contributed by atoms with E-state index in [0.717, 1.165) is 33.4 Å². The summed E-state index contributed by atoms with van der Waals surface area (Å²) in [4.78, 5) is 101. The van der Waals surface area contributed by atoms with Crippen molar-refractivity contribution in [1.29, 1.82) is 0 Å². The minimum absolute atomic E-state index is 0.0206. The number of nitrogens with one attached hydrogen (secondary N) is 4. The maximum atomic E-state index is 12.7. The minimum Gasteiger partial charge on any atom is -0.497 e. The topological polar surface area (TPSA) is 353 Å². The average molecular weight is 1470 g/mol. The number of benzene rings is 6. The fourth-order valence-corrected chi connectivity index (χ4v) is 12.1. The third kappa shape index (κ3) is 23.3. The van der Waals surface area contributed by atoms with Gasteiger partial charge in [-0.2, -0.15) is 0 Å². The first-order valence-corrected chi connectivity index (χ1v) is 34.4. The normalized spacial score (nSPS) is 18.5. The fraction of sp³-hybridized carbons (Fsp3) is 0.429. The van der Waals surface area contributed by atoms with Crippen LogP contribution < -0.4 is 40.2 Å². The SMILES string of the molecule is COc1ccc(C(OC[C@H]2O[C@@H](OCCCNC(=O)CNC(=O)OCC(O)COC(=O)NCC(=O)NCCCO[C@H]3C[C@@H](OC(C)=O)[C@@H](OC(C)=O)[C@@H](COC(c4ccccc4)(c4ccc(OC)cc4)c4ccc(OC)cc4)O3)C[C@@H](OC(C)=O)[C@H]2OC(C)=O)(c2ccccc2)c2ccc(OC)cc2)cc1. The molecule has 2 aliphatic rings. The van der Waals surface area contributed by atoms with Gasteiger partial charge in [-0.25, -0.2) is 9.59 Å². The molecule has 106 heavy (non-hydrogen) atoms. The standard InChI is InChI=1S/C77H92N4O25/c1-49(82)101-64-41-70(105-66(72(64)103-51(3)84)47-99-76(53-17-11-9-12-18-53,55-21-29-60(91-5)30-22-55)56-23-31-61(92-6)32-24-56)95-39-15-37-78-68(87)43-80-74(89)97-45-59(86)46-98-75(90)81-44-69(88)79-38-16-40-96-71-42-65(102-50(2)83)73(104-52(4)85)67(106-71)48-100-77(54-19-13-10-14-20-54,57-25-33-62(93-7)34-26-57)58-27-35-63(94-8)36-28-58/h9-14,17-36,59,64-67,70-73,86H,15-16,37-48H2,1-8H3,(H,78,87)(H,79,88)(H,80,89)(H,81,90)/t64-,65-,66-,67-,70-,71-,72-,73-/m1/s1. The molecule has 0 aliphatic carbocycles. The van der Waals surface area contributed by atoms with E-state index in [1.54, 1.807) is 28.4 Å². The molecule has 8 atom stereocenters. The number of alkyl carbamates (subject to hydrolysis) is 2. The van der Waals surface area contributed by atoms with Crippen molar-refractivity contribution in [2.45, 2.75) is 120 Å². The number of carbonyl (C=O) groups excluding carboxylic acids is 8. The lowest BCUT2D eigenvalue weighted by atomic mass is 9.80. The summed E-state index contributed by atoms with van der Waals surface area (Å²) in [6, 6.07) is 48.6. The first-order valence-electron chi connectivity index (χ1n) is 34.4. The van der Waals surface area contributed by atoms with Crippen LogP contribution in [0, 0.1) is 0 Å². The summed E-state index contributed by atoms with van der Waals surface area (Å²) in [5, 5.41) is 20.2. The Hall–Kier alpha value is -10.4. The van der Waals surface area contributed by atoms with E-state index >= 15 is 0 Å². The van der Waals surface area contributed by atoms with E-state index in [2.05, 4.69) is 21.3 Å². The lowest BCUT2D eigenvalue weighted by Gasteiger charge is -2.42. The summed E-state index contributed by atoms with van der Waals surface area (Å²) >= 11 is 0. The number of aliphatic hydroxyl groups excluding tert-OH is 1. The zero-order valence-corrected chi connectivity index (χ0v) is 60.4. The van der Waals surface area contributed by atoms with Crippen LogP contribution in [-0.4, -0.2) is 203 Å². The molecule has 0 spiro atoms. The number of amides is 4. The maximum Gasteiger partial charge on any atom is 0.407 e. The van der Waals surface area contributed by atoms with Gasteiger partial charge in [-0.1, -0.05) is 109 Å². The highest BCUT2D eigenvalue weighted by Gasteiger charge is 2.49. The van der Waals surface area contributed by atoms with E-state index in [9.17, 15) is 43.5 Å². The zero-order chi connectivity index (χ0) is 76.0. The van der Waals surface area contributed by atoms with Gasteiger partial charge in [0.05, 0.1) is 68.0 Å². The highest BCUT2D eigenvalue weighted by molar-refractivity contribution is 5.82. The molecule has 570 valence electrons. The van der Waals surface area contributed by atoms with Gasteiger partial charge in [-0.3, -0.25) is 28.8 Å². The molecular weight excluding hydrogens is 1380 g/mol. The number of hydrogen-bond acceptors (Lipinski definition) is 25. The molecule has 4 amide bonds. The van der Waals surface area contributed by atoms with Crippen LogP contribution in [0.1, 0.15) is 86.8 Å². The molecule has 0 bridgehead atoms. The summed E-state index contributed by atoms with van der Waals surface area (Å²) in [6.07, 6.45) is -11.5. The Balaban J connectivity index is 0.741. The smallest absolute Gasteiger partial charge is 0.407 e. The van der Waals surface area contributed by atoms with Gasteiger partial charge in [0.15, 0.2) is 24.8 Å². The summed E-state index contributed by atoms with van der Waals surface area (Å²) in [6.45, 7) is 2.51. The van der Waals surface area contributed by atoms with Crippen molar-refractivity contribution < 1.29 is 119 Å². The molecule has 0 aromatic heterocycles. The van der Waals surface area contributed by atoms with Crippen LogP contribution in [-0.2, 0) is 96.8 Å². The minimum atomic E-state index is -1.48. The molecular formula is C77H92N4O25. The Morgan fingerprint density at radius 2 is 0.726 bits per heavy atom. The van der Waals surface area contributed by atoms with Crippen molar-refractivity contribution >= 4 is 47.9 Å². The van der Waals surface area contributed by atoms with Crippen molar-refractivity contribution in [2.24, 2.45) is 0 Å². The van der Waals surface area contributed by atoms with Gasteiger partial charge in [0.1, 0.15) is 77.9 Å². The molecule has 0 unspecified atom stereocenters. The van der Waals surface area contributed by atoms with Crippen LogP contribution in [0.5, 0.6) is 23.0 Å². The number of ether oxygens (including phenoxy) is 16. The van der Waals surface area contributed by atoms with E-state index < -0.39 is 141 Å². The molecule has 8 rings (SSSR count). The third-order valence-corrected chi connectivity index (χ3v) is 17.0. The van der Waals surface area contributed by atoms with Crippen LogP contribution in [0.4, 0.5) is 9.59 Å². The molecule has 2 heterocycles. The second kappa shape index (κ2) is 40.8. The van der Waals surface area contributed by atoms with Gasteiger partial charge < -0.3 is 102 Å². The van der Waals surface area contributed by atoms with E-state index in [4.69, 9.17) is 75.8 Å². The number of esters is 4. The maximum absolute atomic E-state index is 12.7. The van der Waals surface area contributed by atoms with Crippen LogP contribution in [0.15, 0.2) is 158 Å². The Labute approximate surface area is 614 Å². The summed E-state index contributed by atoms with van der Waals surface area (Å²) in [5.41, 5.74) is 1.81. The van der Waals surface area contributed by atoms with Crippen molar-refractivity contribution in [1.82, 2.24) is 21.3 Å². The zero-order valence-electron chi connectivity index (χ0n) is 60.4. The molecule has 29 heteroatoms. The number of hydrogen-bond donors (Lipinski definition) is 5. The second-order valence-electron chi connectivity index (χ2n) is 24.5. The van der Waals surface area contributed by atoms with E-state index in [1.807, 2.05) is 158 Å². The quantitative estimate of drug-likeness (QED) is 0.0114. The van der Waals surface area contributed by atoms with Gasteiger partial charge in [-0.15, -0.1) is 0 Å². The van der Waals surface area contributed by atoms with Crippen molar-refractivity contribution in [3.05, 3.63) is 191 Å². The van der Waals surface area contributed by atoms with Crippen LogP contribution in [0.25, 0.3) is 0 Å². The first kappa shape index (κ1) is 81.3. The van der Waals surface area contributed by atoms with Crippen LogP contribution in [0.3, 0.4) is 0 Å². The Morgan fingerprint density at radius 3 is 1.02 bits per heavy atom. The molecule has 0 radical (unpaired) electrons. The summed E-state index contributed by atoms with van der Waals surface area (Å²) in [7, 11) is 6.27. The van der Waals surface area contributed by atoms with Crippen LogP contribution >= 0.6 is 0 Å². The predicted molar refractivity (Wildman–Crippen MR) is 377 cm³/mol. The molecule has 2 aliphatic heterocycles. The predicted octanol–water partition coefficient (Wildman–Crippen LogP) is 6.85. The van der Waals surface area contributed by atoms with Gasteiger partial charge >= 0.3 is 36.1 Å². The summed E-state index contributed by atoms with van der Waals surface area (Å²) < 4.78 is 94.2. The van der Waals surface area contributed by atoms with E-state index in [0.29, 0.717) is 23.0 Å². The lowest BCUT2D eigenvalue weighted by molar-refractivity contribution is -0.271. The molecule has 2 saturated heterocycles. The lowest BCUT2D eigenvalue weighted by Crippen LogP contribution is -2.55. The van der Waals surface area contributed by atoms with Crippen LogP contribution in [0.2, 0.25) is 0 Å². The van der Waals surface area contributed by atoms with Gasteiger partial charge in [-0.05, 0) is 94.8 Å². The number of carbonyl (C=O) groups is 8. The van der Waals surface area contributed by atoms with Gasteiger partial charge in [0.2, 0.25) is 11.8 Å². The molecule has 29 nitrogen and oxygen atoms in total. The second-order valence-corrected chi connectivity index (χ2v) is 24.5. The number of rotatable bonds is 38. The average Bonchev–Trinajstić information content (AvgIpc) is 0.758. The Bertz CT molecular complexity index is 3440. The highest BCUT2D eigenvalue weighted by atomic mass is 16.7. The highest BCUT2D eigenvalue weighted by Crippen LogP contribution is 2.45. The summed E-state index contributed by atoms with van der Waals surface area (Å²) in [5.74, 6) is -1.26. The Kier molecular flexibility index (Phi) is 31.2. The van der Waals surface area contributed by atoms with Gasteiger partial charge in [0.25, 0.3) is 0 Å². The largest absolute Gasteiger partial charge is 0.497 e. The van der Waals surface area contributed by atoms with Gasteiger partial charge in [0, 0.05) is 53.6 Å². The van der Waals surface area contributed by atoms with Crippen molar-refractivity contribution in [3.63, 3.8) is 0 Å². The van der Waals surface area contributed by atoms with E-state index in [-0.39, 0.29) is 65.2 Å². The molecule has 5 N–H and O–H groups in total. The molecule has 2 fully saturated rings. The third-order valence-electron chi connectivity index (χ3n) is 17.0. The number of methoxy groups -OCH3 is 4. The molecule has 0 saturated carbocycles. The monoisotopic (exact) mass is 1470 g/mol. The Morgan fingerprint density at radius 1 is 0.425 bits per heavy atom. The fourth-order valence-electron chi connectivity index (χ4n) is 12.1.